The predicted octanol–water partition coefficient (Wildman–Crippen LogP) is 3.76. The molecule has 0 amide bonds. The van der Waals surface area contributed by atoms with Crippen molar-refractivity contribution in [2.45, 2.75) is 6.61 Å². The topological polar surface area (TPSA) is 29.5 Å². The van der Waals surface area contributed by atoms with Crippen LogP contribution in [0.1, 0.15) is 5.56 Å². The zero-order chi connectivity index (χ0) is 12.3. The maximum absolute atomic E-state index is 12.7. The molecule has 2 nitrogen and oxygen atoms in total. The van der Waals surface area contributed by atoms with Gasteiger partial charge in [0, 0.05) is 0 Å². The SMILES string of the molecule is OCc1ccc(Oc2ccc(F)cc2)c(Cl)c1. The molecule has 0 saturated carbocycles. The van der Waals surface area contributed by atoms with Gasteiger partial charge in [-0.3, -0.25) is 0 Å². The maximum Gasteiger partial charge on any atom is 0.146 e. The van der Waals surface area contributed by atoms with Gasteiger partial charge in [0.05, 0.1) is 11.6 Å². The molecule has 17 heavy (non-hydrogen) atoms. The molecule has 0 heterocycles. The van der Waals surface area contributed by atoms with E-state index in [1.54, 1.807) is 18.2 Å². The molecule has 4 heteroatoms. The van der Waals surface area contributed by atoms with Crippen molar-refractivity contribution in [2.75, 3.05) is 0 Å². The lowest BCUT2D eigenvalue weighted by Crippen LogP contribution is -1.88. The van der Waals surface area contributed by atoms with Gasteiger partial charge in [0.25, 0.3) is 0 Å². The largest absolute Gasteiger partial charge is 0.456 e. The fourth-order valence-corrected chi connectivity index (χ4v) is 1.60. The number of hydrogen-bond acceptors (Lipinski definition) is 2. The molecular weight excluding hydrogens is 243 g/mol. The van der Waals surface area contributed by atoms with Crippen LogP contribution in [0.5, 0.6) is 11.5 Å². The number of hydrogen-bond donors (Lipinski definition) is 1. The molecule has 0 spiro atoms. The Morgan fingerprint density at radius 2 is 1.82 bits per heavy atom. The second-order valence-electron chi connectivity index (χ2n) is 3.48. The fraction of sp³-hybridized carbons (Fsp3) is 0.0769. The van der Waals surface area contributed by atoms with E-state index in [2.05, 4.69) is 0 Å². The van der Waals surface area contributed by atoms with Crippen LogP contribution in [0.4, 0.5) is 4.39 Å². The standard InChI is InChI=1S/C13H10ClFO2/c14-12-7-9(8-16)1-6-13(12)17-11-4-2-10(15)3-5-11/h1-7,16H,8H2. The molecule has 0 atom stereocenters. The highest BCUT2D eigenvalue weighted by molar-refractivity contribution is 6.32. The van der Waals surface area contributed by atoms with Crippen LogP contribution < -0.4 is 4.74 Å². The third-order valence-corrected chi connectivity index (χ3v) is 2.52. The molecule has 0 aliphatic heterocycles. The molecule has 88 valence electrons. The lowest BCUT2D eigenvalue weighted by molar-refractivity contribution is 0.281. The van der Waals surface area contributed by atoms with Crippen LogP contribution in [0, 0.1) is 5.82 Å². The van der Waals surface area contributed by atoms with Crippen LogP contribution >= 0.6 is 11.6 Å². The smallest absolute Gasteiger partial charge is 0.146 e. The lowest BCUT2D eigenvalue weighted by Gasteiger charge is -2.08. The van der Waals surface area contributed by atoms with Crippen LogP contribution in [0.3, 0.4) is 0 Å². The summed E-state index contributed by atoms with van der Waals surface area (Å²) in [4.78, 5) is 0. The molecule has 0 aliphatic carbocycles. The van der Waals surface area contributed by atoms with Gasteiger partial charge in [-0.05, 0) is 42.0 Å². The predicted molar refractivity (Wildman–Crippen MR) is 63.8 cm³/mol. The van der Waals surface area contributed by atoms with E-state index < -0.39 is 0 Å². The van der Waals surface area contributed by atoms with Crippen molar-refractivity contribution < 1.29 is 14.2 Å². The Bertz CT molecular complexity index is 511. The lowest BCUT2D eigenvalue weighted by atomic mass is 10.2. The van der Waals surface area contributed by atoms with Crippen LogP contribution in [0.25, 0.3) is 0 Å². The Morgan fingerprint density at radius 3 is 2.41 bits per heavy atom. The van der Waals surface area contributed by atoms with Gasteiger partial charge in [0.2, 0.25) is 0 Å². The fourth-order valence-electron chi connectivity index (χ4n) is 1.36. The number of benzene rings is 2. The second-order valence-corrected chi connectivity index (χ2v) is 3.89. The summed E-state index contributed by atoms with van der Waals surface area (Å²) >= 11 is 5.98. The van der Waals surface area contributed by atoms with Gasteiger partial charge >= 0.3 is 0 Å². The average molecular weight is 253 g/mol. The molecule has 0 aromatic heterocycles. The number of halogens is 2. The van der Waals surface area contributed by atoms with E-state index in [1.165, 1.54) is 24.3 Å². The summed E-state index contributed by atoms with van der Waals surface area (Å²) in [6, 6.07) is 10.7. The molecule has 2 aromatic carbocycles. The molecule has 0 bridgehead atoms. The van der Waals surface area contributed by atoms with Crippen molar-refractivity contribution in [3.63, 3.8) is 0 Å². The van der Waals surface area contributed by atoms with E-state index in [0.717, 1.165) is 0 Å². The Hall–Kier alpha value is -1.58. The highest BCUT2D eigenvalue weighted by Gasteiger charge is 2.04. The summed E-state index contributed by atoms with van der Waals surface area (Å²) in [5.74, 6) is 0.652. The van der Waals surface area contributed by atoms with Crippen LogP contribution in [0.15, 0.2) is 42.5 Å². The van der Waals surface area contributed by atoms with Crippen molar-refractivity contribution in [1.82, 2.24) is 0 Å². The van der Waals surface area contributed by atoms with Crippen LogP contribution in [-0.2, 0) is 6.61 Å². The summed E-state index contributed by atoms with van der Waals surface area (Å²) in [5, 5.41) is 9.34. The number of ether oxygens (including phenoxy) is 1. The quantitative estimate of drug-likeness (QED) is 0.901. The first kappa shape index (κ1) is 11.9. The zero-order valence-corrected chi connectivity index (χ0v) is 9.62. The third-order valence-electron chi connectivity index (χ3n) is 2.22. The van der Waals surface area contributed by atoms with E-state index in [1.807, 2.05) is 0 Å². The zero-order valence-electron chi connectivity index (χ0n) is 8.86. The minimum atomic E-state index is -0.320. The molecule has 0 saturated heterocycles. The number of rotatable bonds is 3. The molecule has 2 rings (SSSR count). The molecular formula is C13H10ClFO2. The van der Waals surface area contributed by atoms with Crippen molar-refractivity contribution >= 4 is 11.6 Å². The molecule has 1 N–H and O–H groups in total. The minimum Gasteiger partial charge on any atom is -0.456 e. The monoisotopic (exact) mass is 252 g/mol. The normalized spacial score (nSPS) is 10.3. The van der Waals surface area contributed by atoms with Crippen molar-refractivity contribution in [3.8, 4) is 11.5 Å². The van der Waals surface area contributed by atoms with E-state index in [4.69, 9.17) is 21.4 Å². The first-order chi connectivity index (χ1) is 8.19. The van der Waals surface area contributed by atoms with Gasteiger partial charge in [0.15, 0.2) is 0 Å². The Balaban J connectivity index is 2.21. The van der Waals surface area contributed by atoms with Crippen LogP contribution in [-0.4, -0.2) is 5.11 Å². The summed E-state index contributed by atoms with van der Waals surface area (Å²) in [6.07, 6.45) is 0. The van der Waals surface area contributed by atoms with Gasteiger partial charge in [-0.1, -0.05) is 17.7 Å². The molecule has 0 radical (unpaired) electrons. The van der Waals surface area contributed by atoms with Gasteiger partial charge in [-0.2, -0.15) is 0 Å². The van der Waals surface area contributed by atoms with Crippen molar-refractivity contribution in [1.29, 1.82) is 0 Å². The van der Waals surface area contributed by atoms with Gasteiger partial charge in [0.1, 0.15) is 17.3 Å². The highest BCUT2D eigenvalue weighted by atomic mass is 35.5. The number of aliphatic hydroxyl groups is 1. The molecule has 2 aromatic rings. The van der Waals surface area contributed by atoms with E-state index in [-0.39, 0.29) is 12.4 Å². The van der Waals surface area contributed by atoms with Crippen LogP contribution in [0.2, 0.25) is 5.02 Å². The van der Waals surface area contributed by atoms with Gasteiger partial charge < -0.3 is 9.84 Å². The number of aliphatic hydroxyl groups excluding tert-OH is 1. The highest BCUT2D eigenvalue weighted by Crippen LogP contribution is 2.30. The maximum atomic E-state index is 12.7. The summed E-state index contributed by atoms with van der Waals surface area (Å²) in [6.45, 7) is -0.0729. The van der Waals surface area contributed by atoms with E-state index >= 15 is 0 Å². The first-order valence-corrected chi connectivity index (χ1v) is 5.39. The average Bonchev–Trinajstić information content (AvgIpc) is 2.34. The van der Waals surface area contributed by atoms with Gasteiger partial charge in [-0.25, -0.2) is 4.39 Å². The summed E-state index contributed by atoms with van der Waals surface area (Å²) < 4.78 is 18.2. The Labute approximate surface area is 103 Å². The summed E-state index contributed by atoms with van der Waals surface area (Å²) in [7, 11) is 0. The molecule has 0 unspecified atom stereocenters. The molecule has 0 aliphatic rings. The minimum absolute atomic E-state index is 0.0729. The van der Waals surface area contributed by atoms with E-state index in [0.29, 0.717) is 22.1 Å². The Kier molecular flexibility index (Phi) is 3.61. The van der Waals surface area contributed by atoms with E-state index in [9.17, 15) is 4.39 Å². The van der Waals surface area contributed by atoms with Gasteiger partial charge in [-0.15, -0.1) is 0 Å². The third kappa shape index (κ3) is 2.96. The molecule has 0 fully saturated rings. The Morgan fingerprint density at radius 1 is 1.12 bits per heavy atom. The van der Waals surface area contributed by atoms with Crippen molar-refractivity contribution in [3.05, 3.63) is 58.9 Å². The second kappa shape index (κ2) is 5.17. The first-order valence-electron chi connectivity index (χ1n) is 5.02. The summed E-state index contributed by atoms with van der Waals surface area (Å²) in [5.41, 5.74) is 0.710. The van der Waals surface area contributed by atoms with Crippen molar-refractivity contribution in [2.24, 2.45) is 0 Å².